The molecule has 2 N–H and O–H groups in total. The summed E-state index contributed by atoms with van der Waals surface area (Å²) in [4.78, 5) is 14.2. The molecule has 3 unspecified atom stereocenters. The maximum Gasteiger partial charge on any atom is 0.317 e. The smallest absolute Gasteiger partial charge is 0.317 e. The second-order valence-corrected chi connectivity index (χ2v) is 5.60. The van der Waals surface area contributed by atoms with E-state index in [0.717, 1.165) is 31.7 Å². The Balaban J connectivity index is 1.56. The third-order valence-electron chi connectivity index (χ3n) is 4.23. The first-order valence-corrected chi connectivity index (χ1v) is 6.97. The van der Waals surface area contributed by atoms with E-state index in [4.69, 9.17) is 1.41 Å². The summed E-state index contributed by atoms with van der Waals surface area (Å²) in [6.07, 6.45) is 0. The minimum absolute atomic E-state index is 0.0206. The number of carbonyl (C=O) groups excluding carboxylic acids is 1. The minimum atomic E-state index is 0.0206. The van der Waals surface area contributed by atoms with Crippen LogP contribution in [-0.4, -0.2) is 37.1 Å². The molecular formula is C15H21N3O. The maximum absolute atomic E-state index is 12.3. The zero-order valence-electron chi connectivity index (χ0n) is 12.2. The molecule has 0 aliphatic carbocycles. The van der Waals surface area contributed by atoms with E-state index in [2.05, 4.69) is 5.32 Å². The summed E-state index contributed by atoms with van der Waals surface area (Å²) < 4.78 is 7.64. The topological polar surface area (TPSA) is 44.4 Å². The van der Waals surface area contributed by atoms with Crippen LogP contribution in [0, 0.1) is 11.8 Å². The fraction of sp³-hybridized carbons (Fsp3) is 0.533. The third kappa shape index (κ3) is 2.59. The van der Waals surface area contributed by atoms with Crippen molar-refractivity contribution in [2.75, 3.05) is 26.2 Å². The van der Waals surface area contributed by atoms with Gasteiger partial charge in [-0.25, -0.2) is 4.79 Å². The Morgan fingerprint density at radius 1 is 1.37 bits per heavy atom. The number of carbonyl (C=O) groups is 1. The summed E-state index contributed by atoms with van der Waals surface area (Å²) in [5, 5.41) is 4.69. The molecule has 1 aromatic carbocycles. The van der Waals surface area contributed by atoms with Crippen LogP contribution in [0.25, 0.3) is 0 Å². The molecule has 0 bridgehead atoms. The molecule has 1 aromatic rings. The molecule has 2 saturated heterocycles. The number of benzene rings is 1. The number of nitrogens with one attached hydrogen (secondary N) is 2. The second kappa shape index (κ2) is 5.21. The van der Waals surface area contributed by atoms with Crippen molar-refractivity contribution >= 4 is 6.03 Å². The van der Waals surface area contributed by atoms with Crippen LogP contribution in [0.5, 0.6) is 0 Å². The average Bonchev–Trinajstić information content (AvgIpc) is 2.96. The van der Waals surface area contributed by atoms with E-state index >= 15 is 0 Å². The van der Waals surface area contributed by atoms with Crippen LogP contribution in [0.15, 0.2) is 30.3 Å². The predicted octanol–water partition coefficient (Wildman–Crippen LogP) is 1.61. The summed E-state index contributed by atoms with van der Waals surface area (Å²) in [6.45, 7) is 5.17. The first kappa shape index (κ1) is 11.3. The van der Waals surface area contributed by atoms with E-state index in [1.165, 1.54) is 0 Å². The molecule has 4 nitrogen and oxygen atoms in total. The van der Waals surface area contributed by atoms with E-state index in [1.54, 1.807) is 5.31 Å². The standard InChI is InChI=1S/C15H21N3O/c1-11(12-5-3-2-4-6-12)17-15(19)18-9-13-7-16-8-14(13)10-18/h2-6,11,13-14,16H,7-10H2,1H3,(H,17,19)/i/hD. The van der Waals surface area contributed by atoms with E-state index in [9.17, 15) is 4.79 Å². The van der Waals surface area contributed by atoms with Gasteiger partial charge in [0.1, 0.15) is 1.41 Å². The van der Waals surface area contributed by atoms with Gasteiger partial charge in [-0.2, -0.15) is 0 Å². The van der Waals surface area contributed by atoms with Crippen LogP contribution in [0.3, 0.4) is 0 Å². The molecule has 0 aromatic heterocycles. The van der Waals surface area contributed by atoms with Gasteiger partial charge < -0.3 is 15.5 Å². The number of hydrogen-bond acceptors (Lipinski definition) is 2. The Bertz CT molecular complexity index is 467. The summed E-state index contributed by atoms with van der Waals surface area (Å²) in [5.74, 6) is 0.954. The highest BCUT2D eigenvalue weighted by Gasteiger charge is 2.38. The van der Waals surface area contributed by atoms with Crippen LogP contribution in [0.1, 0.15) is 18.5 Å². The van der Waals surface area contributed by atoms with Gasteiger partial charge in [0, 0.05) is 26.2 Å². The molecule has 0 spiro atoms. The number of hydrogen-bond donors (Lipinski definition) is 2. The number of nitrogens with zero attached hydrogens (tertiary/aromatic N) is 1. The van der Waals surface area contributed by atoms with Gasteiger partial charge in [-0.15, -0.1) is 0 Å². The predicted molar refractivity (Wildman–Crippen MR) is 74.8 cm³/mol. The molecular weight excluding hydrogens is 238 g/mol. The number of urea groups is 1. The molecule has 3 atom stereocenters. The van der Waals surface area contributed by atoms with Crippen LogP contribution in [-0.2, 0) is 0 Å². The molecule has 2 aliphatic heterocycles. The molecule has 2 heterocycles. The van der Waals surface area contributed by atoms with Crippen molar-refractivity contribution in [1.29, 1.82) is 0 Å². The largest absolute Gasteiger partial charge is 0.331 e. The normalized spacial score (nSPS) is 28.9. The van der Waals surface area contributed by atoms with Gasteiger partial charge in [-0.05, 0) is 24.3 Å². The number of fused-ring (bicyclic) bond motifs is 1. The van der Waals surface area contributed by atoms with Crippen molar-refractivity contribution in [3.05, 3.63) is 35.9 Å². The molecule has 0 radical (unpaired) electrons. The summed E-state index contributed by atoms with van der Waals surface area (Å²) in [7, 11) is 0. The van der Waals surface area contributed by atoms with Crippen LogP contribution in [0.2, 0.25) is 1.41 Å². The lowest BCUT2D eigenvalue weighted by Gasteiger charge is -2.22. The van der Waals surface area contributed by atoms with Gasteiger partial charge in [-0.1, -0.05) is 30.3 Å². The van der Waals surface area contributed by atoms with Crippen molar-refractivity contribution in [2.24, 2.45) is 11.8 Å². The summed E-state index contributed by atoms with van der Waals surface area (Å²) >= 11 is 0. The zero-order valence-corrected chi connectivity index (χ0v) is 11.2. The lowest BCUT2D eigenvalue weighted by molar-refractivity contribution is 0.202. The number of rotatable bonds is 2. The number of amides is 2. The van der Waals surface area contributed by atoms with E-state index in [1.807, 2.05) is 42.2 Å². The van der Waals surface area contributed by atoms with Crippen molar-refractivity contribution < 1.29 is 6.21 Å². The van der Waals surface area contributed by atoms with Gasteiger partial charge in [0.25, 0.3) is 0 Å². The Morgan fingerprint density at radius 3 is 2.63 bits per heavy atom. The first-order chi connectivity index (χ1) is 9.63. The van der Waals surface area contributed by atoms with E-state index in [-0.39, 0.29) is 12.1 Å². The molecule has 3 rings (SSSR count). The monoisotopic (exact) mass is 260 g/mol. The lowest BCUT2D eigenvalue weighted by Crippen LogP contribution is -2.41. The zero-order chi connectivity index (χ0) is 14.1. The Morgan fingerprint density at radius 2 is 2.00 bits per heavy atom. The highest BCUT2D eigenvalue weighted by molar-refractivity contribution is 5.75. The van der Waals surface area contributed by atoms with E-state index < -0.39 is 0 Å². The second-order valence-electron chi connectivity index (χ2n) is 5.60. The molecule has 102 valence electrons. The van der Waals surface area contributed by atoms with E-state index in [0.29, 0.717) is 11.8 Å². The van der Waals surface area contributed by atoms with Crippen molar-refractivity contribution in [3.8, 4) is 0 Å². The maximum atomic E-state index is 12.3. The van der Waals surface area contributed by atoms with Crippen molar-refractivity contribution in [3.63, 3.8) is 0 Å². The van der Waals surface area contributed by atoms with Crippen LogP contribution in [0.4, 0.5) is 4.79 Å². The Hall–Kier alpha value is -1.55. The fourth-order valence-electron chi connectivity index (χ4n) is 3.03. The highest BCUT2D eigenvalue weighted by atomic mass is 16.2. The number of likely N-dealkylation sites (tertiary alicyclic amines) is 1. The van der Waals surface area contributed by atoms with Gasteiger partial charge in [0.2, 0.25) is 0 Å². The lowest BCUT2D eigenvalue weighted by atomic mass is 10.0. The summed E-state index contributed by atoms with van der Waals surface area (Å²) in [6, 6.07) is 10.1. The molecule has 4 heteroatoms. The quantitative estimate of drug-likeness (QED) is 0.848. The molecule has 2 fully saturated rings. The van der Waals surface area contributed by atoms with Gasteiger partial charge in [0.05, 0.1) is 6.04 Å². The van der Waals surface area contributed by atoms with Gasteiger partial charge in [-0.3, -0.25) is 0 Å². The van der Waals surface area contributed by atoms with Crippen molar-refractivity contribution in [1.82, 2.24) is 15.5 Å². The minimum Gasteiger partial charge on any atom is -0.331 e. The molecule has 19 heavy (non-hydrogen) atoms. The van der Waals surface area contributed by atoms with Crippen LogP contribution >= 0.6 is 0 Å². The molecule has 2 aliphatic rings. The SMILES string of the molecule is [2H]N1CC2CN(C(=O)NC(C)c3ccccc3)CC2C1. The highest BCUT2D eigenvalue weighted by Crippen LogP contribution is 2.26. The summed E-state index contributed by atoms with van der Waals surface area (Å²) in [5.41, 5.74) is 1.12. The van der Waals surface area contributed by atoms with Crippen LogP contribution < -0.4 is 10.6 Å². The Labute approximate surface area is 115 Å². The first-order valence-electron chi connectivity index (χ1n) is 7.42. The molecule has 2 amide bonds. The van der Waals surface area contributed by atoms with Crippen molar-refractivity contribution in [2.45, 2.75) is 13.0 Å². The fourth-order valence-corrected chi connectivity index (χ4v) is 3.03. The van der Waals surface area contributed by atoms with Gasteiger partial charge >= 0.3 is 6.03 Å². The third-order valence-corrected chi connectivity index (χ3v) is 4.23. The molecule has 0 saturated carbocycles. The van der Waals surface area contributed by atoms with Gasteiger partial charge in [0.15, 0.2) is 0 Å². The average molecular weight is 260 g/mol. The Kier molecular flexibility index (Phi) is 3.10.